The second kappa shape index (κ2) is 12.4. The van der Waals surface area contributed by atoms with Crippen LogP contribution in [0.3, 0.4) is 0 Å². The van der Waals surface area contributed by atoms with Crippen LogP contribution in [0.4, 0.5) is 0 Å². The van der Waals surface area contributed by atoms with E-state index in [-0.39, 0.29) is 11.9 Å². The number of benzene rings is 3. The Kier molecular flexibility index (Phi) is 8.82. The molecule has 1 aromatic heterocycles. The largest absolute Gasteiger partial charge is 0.345 e. The normalized spacial score (nSPS) is 12.1. The maximum absolute atomic E-state index is 14.1. The Morgan fingerprint density at radius 2 is 1.61 bits per heavy atom. The minimum absolute atomic E-state index is 0.0859. The van der Waals surface area contributed by atoms with Gasteiger partial charge in [-0.05, 0) is 24.5 Å². The molecular formula is C31H35N3O2. The number of hydrogen-bond donors (Lipinski definition) is 1. The van der Waals surface area contributed by atoms with Crippen LogP contribution in [0.15, 0.2) is 84.9 Å². The molecule has 0 aliphatic heterocycles. The molecule has 4 rings (SSSR count). The number of unbranched alkanes of at least 4 members (excludes halogenated alkanes) is 1. The fraction of sp³-hybridized carbons (Fsp3) is 0.290. The Bertz CT molecular complexity index is 1280. The van der Waals surface area contributed by atoms with Crippen molar-refractivity contribution in [3.05, 3.63) is 102 Å². The first-order valence-electron chi connectivity index (χ1n) is 12.8. The predicted molar refractivity (Wildman–Crippen MR) is 146 cm³/mol. The van der Waals surface area contributed by atoms with Crippen molar-refractivity contribution in [2.75, 3.05) is 13.7 Å². The van der Waals surface area contributed by atoms with Crippen molar-refractivity contribution in [2.24, 2.45) is 0 Å². The zero-order valence-corrected chi connectivity index (χ0v) is 21.4. The summed E-state index contributed by atoms with van der Waals surface area (Å²) < 4.78 is 0. The van der Waals surface area contributed by atoms with Crippen LogP contribution < -0.4 is 5.32 Å². The highest BCUT2D eigenvalue weighted by Gasteiger charge is 2.25. The Morgan fingerprint density at radius 1 is 0.944 bits per heavy atom. The van der Waals surface area contributed by atoms with Crippen LogP contribution in [-0.2, 0) is 11.4 Å². The molecule has 1 N–H and O–H groups in total. The van der Waals surface area contributed by atoms with Crippen LogP contribution in [0.1, 0.15) is 60.6 Å². The second-order valence-electron chi connectivity index (χ2n) is 8.94. The number of para-hydroxylation sites is 1. The SMILES string of the molecule is CCCCN(Cc1c(-c2ccccc2)nc2ccccc2c1C(=O)N[C@@H](CC)c1ccccc1)OC. The van der Waals surface area contributed by atoms with Gasteiger partial charge in [0.1, 0.15) is 0 Å². The van der Waals surface area contributed by atoms with Crippen LogP contribution in [0.5, 0.6) is 0 Å². The van der Waals surface area contributed by atoms with Gasteiger partial charge in [0.25, 0.3) is 5.91 Å². The van der Waals surface area contributed by atoms with Gasteiger partial charge in [-0.15, -0.1) is 0 Å². The van der Waals surface area contributed by atoms with E-state index in [2.05, 4.69) is 31.3 Å². The Morgan fingerprint density at radius 3 is 2.28 bits per heavy atom. The van der Waals surface area contributed by atoms with Crippen LogP contribution in [-0.4, -0.2) is 29.6 Å². The van der Waals surface area contributed by atoms with E-state index in [9.17, 15) is 4.79 Å². The number of carbonyl (C=O) groups is 1. The van der Waals surface area contributed by atoms with Crippen molar-refractivity contribution < 1.29 is 9.63 Å². The van der Waals surface area contributed by atoms with Crippen LogP contribution in [0.25, 0.3) is 22.2 Å². The fourth-order valence-corrected chi connectivity index (χ4v) is 4.58. The van der Waals surface area contributed by atoms with E-state index in [1.807, 2.05) is 77.9 Å². The summed E-state index contributed by atoms with van der Waals surface area (Å²) in [5.41, 5.74) is 5.22. The summed E-state index contributed by atoms with van der Waals surface area (Å²) in [5, 5.41) is 6.09. The van der Waals surface area contributed by atoms with Gasteiger partial charge in [-0.2, -0.15) is 5.06 Å². The Balaban J connectivity index is 1.87. The zero-order chi connectivity index (χ0) is 25.3. The number of fused-ring (bicyclic) bond motifs is 1. The fourth-order valence-electron chi connectivity index (χ4n) is 4.58. The molecule has 1 heterocycles. The maximum atomic E-state index is 14.1. The van der Waals surface area contributed by atoms with E-state index in [1.54, 1.807) is 7.11 Å². The van der Waals surface area contributed by atoms with Gasteiger partial charge in [0.05, 0.1) is 36.5 Å². The lowest BCUT2D eigenvalue weighted by atomic mass is 9.95. The third-order valence-electron chi connectivity index (χ3n) is 6.54. The molecule has 1 amide bonds. The summed E-state index contributed by atoms with van der Waals surface area (Å²) in [6, 6.07) is 28.0. The van der Waals surface area contributed by atoms with E-state index >= 15 is 0 Å². The van der Waals surface area contributed by atoms with E-state index in [0.29, 0.717) is 12.1 Å². The van der Waals surface area contributed by atoms with Gasteiger partial charge in [-0.25, -0.2) is 4.98 Å². The lowest BCUT2D eigenvalue weighted by molar-refractivity contribution is -0.139. The molecule has 0 spiro atoms. The lowest BCUT2D eigenvalue weighted by Crippen LogP contribution is -2.31. The molecular weight excluding hydrogens is 446 g/mol. The van der Waals surface area contributed by atoms with Crippen LogP contribution in [0.2, 0.25) is 0 Å². The molecule has 0 bridgehead atoms. The van der Waals surface area contributed by atoms with E-state index in [4.69, 9.17) is 9.82 Å². The standard InChI is InChI=1S/C31H35N3O2/c1-4-6-21-34(36-3)22-26-29(31(35)33-27(5-2)23-15-9-7-10-16-23)25-19-13-14-20-28(25)32-30(26)24-17-11-8-12-18-24/h7-20,27H,4-6,21-22H2,1-3H3,(H,33,35)/t27-/m0/s1. The second-order valence-corrected chi connectivity index (χ2v) is 8.94. The highest BCUT2D eigenvalue weighted by atomic mass is 16.7. The van der Waals surface area contributed by atoms with Gasteiger partial charge in [0.2, 0.25) is 0 Å². The van der Waals surface area contributed by atoms with E-state index in [1.165, 1.54) is 0 Å². The number of carbonyl (C=O) groups excluding carboxylic acids is 1. The van der Waals surface area contributed by atoms with Gasteiger partial charge in [-0.3, -0.25) is 4.79 Å². The minimum atomic E-state index is -0.0944. The number of hydrogen-bond acceptors (Lipinski definition) is 4. The van der Waals surface area contributed by atoms with Gasteiger partial charge in [0.15, 0.2) is 0 Å². The van der Waals surface area contributed by atoms with Crippen molar-refractivity contribution in [3.63, 3.8) is 0 Å². The summed E-state index contributed by atoms with van der Waals surface area (Å²) in [6.45, 7) is 5.49. The topological polar surface area (TPSA) is 54.5 Å². The van der Waals surface area contributed by atoms with Crippen molar-refractivity contribution in [2.45, 2.75) is 45.7 Å². The number of nitrogens with one attached hydrogen (secondary N) is 1. The predicted octanol–water partition coefficient (Wildman–Crippen LogP) is 6.95. The highest BCUT2D eigenvalue weighted by Crippen LogP contribution is 2.32. The van der Waals surface area contributed by atoms with Gasteiger partial charge < -0.3 is 10.2 Å². The summed E-state index contributed by atoms with van der Waals surface area (Å²) in [7, 11) is 1.69. The molecule has 0 aliphatic carbocycles. The van der Waals surface area contributed by atoms with E-state index < -0.39 is 0 Å². The zero-order valence-electron chi connectivity index (χ0n) is 21.4. The summed E-state index contributed by atoms with van der Waals surface area (Å²) >= 11 is 0. The number of rotatable bonds is 11. The molecule has 5 nitrogen and oxygen atoms in total. The molecule has 4 aromatic rings. The Labute approximate surface area is 214 Å². The smallest absolute Gasteiger partial charge is 0.252 e. The quantitative estimate of drug-likeness (QED) is 0.236. The molecule has 0 unspecified atom stereocenters. The monoisotopic (exact) mass is 481 g/mol. The number of amides is 1. The number of hydroxylamine groups is 2. The van der Waals surface area contributed by atoms with Crippen LogP contribution >= 0.6 is 0 Å². The van der Waals surface area contributed by atoms with E-state index in [0.717, 1.165) is 59.1 Å². The van der Waals surface area contributed by atoms with Crippen molar-refractivity contribution >= 4 is 16.8 Å². The molecule has 0 saturated carbocycles. The molecule has 3 aromatic carbocycles. The molecule has 5 heteroatoms. The molecule has 0 radical (unpaired) electrons. The van der Waals surface area contributed by atoms with Gasteiger partial charge >= 0.3 is 0 Å². The molecule has 36 heavy (non-hydrogen) atoms. The first-order valence-corrected chi connectivity index (χ1v) is 12.8. The number of aromatic nitrogens is 1. The van der Waals surface area contributed by atoms with Crippen molar-refractivity contribution in [1.82, 2.24) is 15.4 Å². The average molecular weight is 482 g/mol. The minimum Gasteiger partial charge on any atom is -0.345 e. The Hall–Kier alpha value is -3.54. The summed E-state index contributed by atoms with van der Waals surface area (Å²) in [6.07, 6.45) is 2.85. The average Bonchev–Trinajstić information content (AvgIpc) is 2.94. The van der Waals surface area contributed by atoms with Gasteiger partial charge in [-0.1, -0.05) is 99.1 Å². The number of nitrogens with zero attached hydrogens (tertiary/aromatic N) is 2. The lowest BCUT2D eigenvalue weighted by Gasteiger charge is -2.25. The summed E-state index contributed by atoms with van der Waals surface area (Å²) in [5.74, 6) is -0.0944. The van der Waals surface area contributed by atoms with Gasteiger partial charge in [0, 0.05) is 23.1 Å². The molecule has 186 valence electrons. The third kappa shape index (κ3) is 5.81. The molecule has 1 atom stereocenters. The van der Waals surface area contributed by atoms with Crippen LogP contribution in [0, 0.1) is 0 Å². The first-order chi connectivity index (χ1) is 17.7. The molecule has 0 saturated heterocycles. The third-order valence-corrected chi connectivity index (χ3v) is 6.54. The van der Waals surface area contributed by atoms with Crippen molar-refractivity contribution in [1.29, 1.82) is 0 Å². The first kappa shape index (κ1) is 25.5. The van der Waals surface area contributed by atoms with Crippen molar-refractivity contribution in [3.8, 4) is 11.3 Å². The summed E-state index contributed by atoms with van der Waals surface area (Å²) in [4.78, 5) is 24.9. The highest BCUT2D eigenvalue weighted by molar-refractivity contribution is 6.09. The molecule has 0 aliphatic rings. The number of pyridine rings is 1. The maximum Gasteiger partial charge on any atom is 0.252 e. The molecule has 0 fully saturated rings.